The smallest absolute Gasteiger partial charge is 0.336 e. The Kier molecular flexibility index (Phi) is 3.97. The van der Waals surface area contributed by atoms with Gasteiger partial charge in [-0.15, -0.1) is 0 Å². The third-order valence-electron chi connectivity index (χ3n) is 4.35. The molecule has 3 rings (SSSR count). The molecule has 1 N–H and O–H groups in total. The van der Waals surface area contributed by atoms with Crippen LogP contribution in [0.5, 0.6) is 5.75 Å². The van der Waals surface area contributed by atoms with E-state index >= 15 is 0 Å². The number of methoxy groups -OCH3 is 1. The molecule has 0 amide bonds. The molecule has 0 saturated heterocycles. The highest BCUT2D eigenvalue weighted by Crippen LogP contribution is 2.29. The Labute approximate surface area is 140 Å². The number of ether oxygens (including phenoxy) is 1. The lowest BCUT2D eigenvalue weighted by atomic mass is 9.99. The van der Waals surface area contributed by atoms with Gasteiger partial charge < -0.3 is 9.84 Å². The van der Waals surface area contributed by atoms with E-state index in [1.165, 1.54) is 0 Å². The van der Waals surface area contributed by atoms with Crippen molar-refractivity contribution < 1.29 is 14.6 Å². The topological polar surface area (TPSA) is 59.4 Å². The highest BCUT2D eigenvalue weighted by atomic mass is 16.5. The zero-order valence-corrected chi connectivity index (χ0v) is 14.2. The maximum Gasteiger partial charge on any atom is 0.336 e. The Morgan fingerprint density at radius 1 is 1.00 bits per heavy atom. The van der Waals surface area contributed by atoms with Gasteiger partial charge in [-0.3, -0.25) is 0 Å². The van der Waals surface area contributed by atoms with Crippen LogP contribution in [0.15, 0.2) is 36.4 Å². The summed E-state index contributed by atoms with van der Waals surface area (Å²) in [6.45, 7) is 5.93. The number of rotatable bonds is 3. The van der Waals surface area contributed by atoms with Crippen molar-refractivity contribution in [2.45, 2.75) is 20.8 Å². The molecule has 1 heterocycles. The molecule has 0 spiro atoms. The van der Waals surface area contributed by atoms with E-state index in [4.69, 9.17) is 4.74 Å². The van der Waals surface area contributed by atoms with E-state index in [1.807, 2.05) is 51.1 Å². The Bertz CT molecular complexity index is 961. The molecule has 0 aliphatic carbocycles. The van der Waals surface area contributed by atoms with Crippen LogP contribution < -0.4 is 4.74 Å². The van der Waals surface area contributed by atoms with Gasteiger partial charge in [-0.05, 0) is 73.9 Å². The third-order valence-corrected chi connectivity index (χ3v) is 4.35. The molecule has 1 aromatic heterocycles. The van der Waals surface area contributed by atoms with Crippen molar-refractivity contribution in [3.05, 3.63) is 58.7 Å². The first-order valence-electron chi connectivity index (χ1n) is 7.71. The summed E-state index contributed by atoms with van der Waals surface area (Å²) in [6, 6.07) is 11.2. The summed E-state index contributed by atoms with van der Waals surface area (Å²) >= 11 is 0. The van der Waals surface area contributed by atoms with E-state index in [0.29, 0.717) is 16.6 Å². The first-order chi connectivity index (χ1) is 11.4. The molecule has 0 fully saturated rings. The van der Waals surface area contributed by atoms with Gasteiger partial charge in [-0.1, -0.05) is 0 Å². The normalized spacial score (nSPS) is 10.8. The minimum Gasteiger partial charge on any atom is -0.496 e. The van der Waals surface area contributed by atoms with Crippen molar-refractivity contribution in [3.8, 4) is 17.0 Å². The number of carboxylic acid groups (broad SMARTS) is 1. The highest BCUT2D eigenvalue weighted by molar-refractivity contribution is 6.04. The van der Waals surface area contributed by atoms with Crippen molar-refractivity contribution in [1.82, 2.24) is 4.98 Å². The van der Waals surface area contributed by atoms with Crippen LogP contribution in [-0.4, -0.2) is 23.2 Å². The molecule has 0 saturated carbocycles. The largest absolute Gasteiger partial charge is 0.496 e. The van der Waals surface area contributed by atoms with E-state index < -0.39 is 5.97 Å². The number of pyridine rings is 1. The Morgan fingerprint density at radius 2 is 1.71 bits per heavy atom. The summed E-state index contributed by atoms with van der Waals surface area (Å²) < 4.78 is 5.28. The lowest BCUT2D eigenvalue weighted by Gasteiger charge is -2.11. The molecule has 122 valence electrons. The molecule has 0 bridgehead atoms. The average Bonchev–Trinajstić information content (AvgIpc) is 2.54. The van der Waals surface area contributed by atoms with E-state index in [1.54, 1.807) is 13.2 Å². The van der Waals surface area contributed by atoms with Crippen LogP contribution in [0.4, 0.5) is 0 Å². The van der Waals surface area contributed by atoms with Gasteiger partial charge in [0.25, 0.3) is 0 Å². The number of aromatic nitrogens is 1. The maximum atomic E-state index is 11.7. The summed E-state index contributed by atoms with van der Waals surface area (Å²) in [5, 5.41) is 10.3. The molecular weight excluding hydrogens is 302 g/mol. The van der Waals surface area contributed by atoms with Crippen LogP contribution in [0.2, 0.25) is 0 Å². The van der Waals surface area contributed by atoms with Crippen molar-refractivity contribution >= 4 is 16.9 Å². The van der Waals surface area contributed by atoms with Crippen molar-refractivity contribution in [1.29, 1.82) is 0 Å². The SMILES string of the molecule is COc1ccc(-c2cc(C(=O)O)c3cc(C)c(C)cc3n2)cc1C. The van der Waals surface area contributed by atoms with Crippen LogP contribution in [-0.2, 0) is 0 Å². The molecule has 3 aromatic rings. The van der Waals surface area contributed by atoms with Crippen LogP contribution in [0.25, 0.3) is 22.2 Å². The highest BCUT2D eigenvalue weighted by Gasteiger charge is 2.14. The molecule has 0 radical (unpaired) electrons. The Balaban J connectivity index is 2.27. The lowest BCUT2D eigenvalue weighted by molar-refractivity contribution is 0.0699. The van der Waals surface area contributed by atoms with Gasteiger partial charge in [0, 0.05) is 10.9 Å². The summed E-state index contributed by atoms with van der Waals surface area (Å²) in [7, 11) is 1.63. The summed E-state index contributed by atoms with van der Waals surface area (Å²) in [5.74, 6) is -0.151. The molecule has 0 aliphatic heterocycles. The van der Waals surface area contributed by atoms with Gasteiger partial charge >= 0.3 is 5.97 Å². The number of benzene rings is 2. The van der Waals surface area contributed by atoms with Crippen molar-refractivity contribution in [2.75, 3.05) is 7.11 Å². The van der Waals surface area contributed by atoms with E-state index in [0.717, 1.165) is 28.0 Å². The number of aryl methyl sites for hydroxylation is 3. The van der Waals surface area contributed by atoms with Gasteiger partial charge in [0.05, 0.1) is 23.9 Å². The van der Waals surface area contributed by atoms with Gasteiger partial charge in [0.1, 0.15) is 5.75 Å². The molecule has 0 aliphatic rings. The standard InChI is InChI=1S/C20H19NO3/c1-11-8-15-16(20(22)23)10-17(21-18(15)9-12(11)2)14-5-6-19(24-4)13(3)7-14/h5-10H,1-4H3,(H,22,23). The van der Waals surface area contributed by atoms with Crippen LogP contribution in [0.3, 0.4) is 0 Å². The number of carbonyl (C=O) groups is 1. The van der Waals surface area contributed by atoms with Crippen molar-refractivity contribution in [2.24, 2.45) is 0 Å². The molecule has 4 nitrogen and oxygen atoms in total. The second-order valence-electron chi connectivity index (χ2n) is 6.00. The zero-order chi connectivity index (χ0) is 17.4. The van der Waals surface area contributed by atoms with E-state index in [9.17, 15) is 9.90 Å². The number of fused-ring (bicyclic) bond motifs is 1. The third kappa shape index (κ3) is 2.71. The summed E-state index contributed by atoms with van der Waals surface area (Å²) in [5.41, 5.74) is 5.61. The molecule has 2 aromatic carbocycles. The zero-order valence-electron chi connectivity index (χ0n) is 14.2. The van der Waals surface area contributed by atoms with Gasteiger partial charge in [-0.2, -0.15) is 0 Å². The van der Waals surface area contributed by atoms with Crippen LogP contribution in [0.1, 0.15) is 27.0 Å². The molecule has 0 atom stereocenters. The lowest BCUT2D eigenvalue weighted by Crippen LogP contribution is -2.01. The average molecular weight is 321 g/mol. The predicted octanol–water partition coefficient (Wildman–Crippen LogP) is 4.53. The van der Waals surface area contributed by atoms with Gasteiger partial charge in [0.15, 0.2) is 0 Å². The van der Waals surface area contributed by atoms with Crippen LogP contribution >= 0.6 is 0 Å². The number of hydrogen-bond acceptors (Lipinski definition) is 3. The predicted molar refractivity (Wildman–Crippen MR) is 94.9 cm³/mol. The number of aromatic carboxylic acids is 1. The second kappa shape index (κ2) is 5.96. The van der Waals surface area contributed by atoms with E-state index in [-0.39, 0.29) is 5.56 Å². The van der Waals surface area contributed by atoms with E-state index in [2.05, 4.69) is 4.98 Å². The van der Waals surface area contributed by atoms with Crippen LogP contribution in [0, 0.1) is 20.8 Å². The molecular formula is C20H19NO3. The van der Waals surface area contributed by atoms with Gasteiger partial charge in [0.2, 0.25) is 0 Å². The quantitative estimate of drug-likeness (QED) is 0.769. The minimum absolute atomic E-state index is 0.270. The maximum absolute atomic E-state index is 11.7. The van der Waals surface area contributed by atoms with Crippen molar-refractivity contribution in [3.63, 3.8) is 0 Å². The Morgan fingerprint density at radius 3 is 2.33 bits per heavy atom. The first-order valence-corrected chi connectivity index (χ1v) is 7.71. The monoisotopic (exact) mass is 321 g/mol. The number of nitrogens with zero attached hydrogens (tertiary/aromatic N) is 1. The minimum atomic E-state index is -0.947. The number of hydrogen-bond donors (Lipinski definition) is 1. The molecule has 0 unspecified atom stereocenters. The molecule has 24 heavy (non-hydrogen) atoms. The summed E-state index contributed by atoms with van der Waals surface area (Å²) in [4.78, 5) is 16.4. The fourth-order valence-electron chi connectivity index (χ4n) is 2.85. The molecule has 4 heteroatoms. The number of carboxylic acids is 1. The second-order valence-corrected chi connectivity index (χ2v) is 6.00. The fourth-order valence-corrected chi connectivity index (χ4v) is 2.85. The Hall–Kier alpha value is -2.88. The first kappa shape index (κ1) is 16.0. The van der Waals surface area contributed by atoms with Gasteiger partial charge in [-0.25, -0.2) is 9.78 Å². The summed E-state index contributed by atoms with van der Waals surface area (Å²) in [6.07, 6.45) is 0. The fraction of sp³-hybridized carbons (Fsp3) is 0.200.